The van der Waals surface area contributed by atoms with Crippen LogP contribution in [0, 0.1) is 5.92 Å². The van der Waals surface area contributed by atoms with E-state index in [1.54, 1.807) is 13.8 Å². The molecule has 0 aromatic rings. The maximum absolute atomic E-state index is 10.4. The van der Waals surface area contributed by atoms with Crippen LogP contribution in [0.15, 0.2) is 0 Å². The Morgan fingerprint density at radius 2 is 2.12 bits per heavy atom. The fourth-order valence-electron chi connectivity index (χ4n) is 0.225. The van der Waals surface area contributed by atoms with E-state index in [1.807, 2.05) is 0 Å². The van der Waals surface area contributed by atoms with Crippen LogP contribution in [0.25, 0.3) is 0 Å². The van der Waals surface area contributed by atoms with Gasteiger partial charge in [-0.25, -0.2) is 0 Å². The zero-order valence-corrected chi connectivity index (χ0v) is 6.42. The van der Waals surface area contributed by atoms with E-state index in [9.17, 15) is 9.59 Å². The number of rotatable bonds is 2. The lowest BCUT2D eigenvalue weighted by Gasteiger charge is -2.00. The van der Waals surface area contributed by atoms with Crippen molar-refractivity contribution < 1.29 is 14.0 Å². The summed E-state index contributed by atoms with van der Waals surface area (Å²) in [6.07, 6.45) is 0. The summed E-state index contributed by atoms with van der Waals surface area (Å²) >= 11 is 0. The third-order valence-corrected chi connectivity index (χ3v) is 1.07. The first kappa shape index (κ1) is 7.65. The summed E-state index contributed by atoms with van der Waals surface area (Å²) in [7, 11) is -1.78. The average molecular weight is 133 g/mol. The monoisotopic (exact) mass is 133 g/mol. The van der Waals surface area contributed by atoms with Gasteiger partial charge < -0.3 is 4.43 Å². The molecule has 3 nitrogen and oxygen atoms in total. The molecular weight excluding hydrogens is 124 g/mol. The van der Waals surface area contributed by atoms with E-state index < -0.39 is 10.0 Å². The Morgan fingerprint density at radius 1 is 1.62 bits per heavy atom. The molecule has 0 fully saturated rings. The van der Waals surface area contributed by atoms with Crippen molar-refractivity contribution in [1.82, 2.24) is 0 Å². The second-order valence-corrected chi connectivity index (χ2v) is 2.26. The van der Waals surface area contributed by atoms with Gasteiger partial charge in [-0.1, -0.05) is 13.8 Å². The van der Waals surface area contributed by atoms with E-state index >= 15 is 0 Å². The summed E-state index contributed by atoms with van der Waals surface area (Å²) in [6.45, 7) is 3.40. The van der Waals surface area contributed by atoms with E-state index in [-0.39, 0.29) is 11.9 Å². The first-order valence-corrected chi connectivity index (χ1v) is 3.58. The molecule has 0 N–H and O–H groups in total. The zero-order valence-electron chi connectivity index (χ0n) is 5.01. The highest BCUT2D eigenvalue weighted by Crippen LogP contribution is 1.92. The highest BCUT2D eigenvalue weighted by molar-refractivity contribution is 6.20. The van der Waals surface area contributed by atoms with Crippen molar-refractivity contribution >= 4 is 16.0 Å². The Balaban J connectivity index is 3.33. The molecule has 0 aliphatic carbocycles. The second-order valence-electron chi connectivity index (χ2n) is 1.74. The van der Waals surface area contributed by atoms with Gasteiger partial charge in [0.25, 0.3) is 5.97 Å². The Labute approximate surface area is 50.7 Å². The third-order valence-electron chi connectivity index (χ3n) is 0.673. The van der Waals surface area contributed by atoms with Crippen LogP contribution in [0.5, 0.6) is 0 Å². The Kier molecular flexibility index (Phi) is 3.46. The maximum atomic E-state index is 10.4. The lowest BCUT2D eigenvalue weighted by Crippen LogP contribution is -2.13. The Hall–Kier alpha value is -0.353. The van der Waals surface area contributed by atoms with Crippen LogP contribution < -0.4 is 0 Å². The number of carbonyl (C=O) groups is 1. The highest BCUT2D eigenvalue weighted by atomic mass is 28.2. The van der Waals surface area contributed by atoms with Gasteiger partial charge >= 0.3 is 10.0 Å². The van der Waals surface area contributed by atoms with Crippen molar-refractivity contribution in [2.45, 2.75) is 13.8 Å². The lowest BCUT2D eigenvalue weighted by atomic mass is 10.2. The molecule has 0 aromatic heterocycles. The molecule has 0 saturated heterocycles. The van der Waals surface area contributed by atoms with Crippen LogP contribution in [0.1, 0.15) is 13.8 Å². The first-order chi connectivity index (χ1) is 3.68. The van der Waals surface area contributed by atoms with Gasteiger partial charge in [-0.15, -0.1) is 0 Å². The first-order valence-electron chi connectivity index (χ1n) is 2.43. The fraction of sp³-hybridized carbons (Fsp3) is 0.750. The van der Waals surface area contributed by atoms with Crippen LogP contribution in [0.3, 0.4) is 0 Å². The van der Waals surface area contributed by atoms with E-state index in [0.29, 0.717) is 0 Å². The summed E-state index contributed by atoms with van der Waals surface area (Å²) in [5.41, 5.74) is 0. The van der Waals surface area contributed by atoms with Crippen LogP contribution in [-0.2, 0) is 14.0 Å². The molecule has 0 spiro atoms. The number of hydrogen-bond donors (Lipinski definition) is 0. The maximum Gasteiger partial charge on any atom is 0.401 e. The Morgan fingerprint density at radius 3 is 2.25 bits per heavy atom. The van der Waals surface area contributed by atoms with Gasteiger partial charge in [0.2, 0.25) is 0 Å². The Bertz CT molecular complexity index is 81.4. The van der Waals surface area contributed by atoms with E-state index in [2.05, 4.69) is 4.43 Å². The third kappa shape index (κ3) is 2.76. The summed E-state index contributed by atoms with van der Waals surface area (Å²) in [5.74, 6) is -0.525. The van der Waals surface area contributed by atoms with Gasteiger partial charge in [0.15, 0.2) is 0 Å². The van der Waals surface area contributed by atoms with Crippen molar-refractivity contribution in [1.29, 1.82) is 0 Å². The number of hydrogen-bond acceptors (Lipinski definition) is 2. The van der Waals surface area contributed by atoms with Crippen molar-refractivity contribution in [3.63, 3.8) is 0 Å². The molecule has 0 unspecified atom stereocenters. The molecule has 47 valence electrons. The van der Waals surface area contributed by atoms with E-state index in [1.165, 1.54) is 0 Å². The molecule has 0 rings (SSSR count). The molecule has 0 aliphatic heterocycles. The molecule has 4 heteroatoms. The molecule has 0 saturated carbocycles. The smallest absolute Gasteiger partial charge is 0.401 e. The summed E-state index contributed by atoms with van der Waals surface area (Å²) in [4.78, 5) is 20.1. The predicted octanol–water partition coefficient (Wildman–Crippen LogP) is -0.385. The van der Waals surface area contributed by atoms with E-state index in [0.717, 1.165) is 0 Å². The van der Waals surface area contributed by atoms with Gasteiger partial charge in [-0.3, -0.25) is 9.59 Å². The molecule has 8 heavy (non-hydrogen) atoms. The normalized spacial score (nSPS) is 11.0. The number of carbonyl (C=O) groups excluding carboxylic acids is 1. The molecule has 0 aromatic carbocycles. The lowest BCUT2D eigenvalue weighted by molar-refractivity contribution is -0.138. The fourth-order valence-corrected chi connectivity index (χ4v) is 0.674. The molecule has 0 aliphatic rings. The molecule has 1 radical (unpaired) electrons. The predicted molar refractivity (Wildman–Crippen MR) is 30.2 cm³/mol. The molecule has 0 heterocycles. The second kappa shape index (κ2) is 3.62. The van der Waals surface area contributed by atoms with Crippen molar-refractivity contribution in [2.24, 2.45) is 5.92 Å². The van der Waals surface area contributed by atoms with Crippen LogP contribution in [0.2, 0.25) is 0 Å². The molecular formula is C4H9O3Si. The van der Waals surface area contributed by atoms with Crippen molar-refractivity contribution in [2.75, 3.05) is 0 Å². The zero-order chi connectivity index (χ0) is 6.57. The quantitative estimate of drug-likeness (QED) is 0.482. The summed E-state index contributed by atoms with van der Waals surface area (Å²) < 4.78 is 4.25. The summed E-state index contributed by atoms with van der Waals surface area (Å²) in [5, 5.41) is 0. The minimum atomic E-state index is -1.78. The van der Waals surface area contributed by atoms with Crippen LogP contribution >= 0.6 is 0 Å². The van der Waals surface area contributed by atoms with Crippen LogP contribution in [-0.4, -0.2) is 16.0 Å². The van der Waals surface area contributed by atoms with Crippen LogP contribution in [0.4, 0.5) is 0 Å². The summed E-state index contributed by atoms with van der Waals surface area (Å²) in [6, 6.07) is 0. The SMILES string of the molecule is CC(C)C(=O)O[SiH2][O]. The van der Waals surface area contributed by atoms with Gasteiger partial charge in [0, 0.05) is 5.92 Å². The molecule has 0 amide bonds. The molecule has 0 bridgehead atoms. The highest BCUT2D eigenvalue weighted by Gasteiger charge is 2.05. The molecule has 0 atom stereocenters. The minimum absolute atomic E-state index is 0.156. The average Bonchev–Trinajstić information content (AvgIpc) is 1.67. The standard InChI is InChI=1S/C4H9O3Si/c1-3(2)4(5)7-8-6/h3H,8H2,1-2H3. The van der Waals surface area contributed by atoms with Gasteiger partial charge in [0.1, 0.15) is 0 Å². The van der Waals surface area contributed by atoms with Crippen molar-refractivity contribution in [3.8, 4) is 0 Å². The van der Waals surface area contributed by atoms with Gasteiger partial charge in [-0.2, -0.15) is 0 Å². The topological polar surface area (TPSA) is 46.2 Å². The van der Waals surface area contributed by atoms with Gasteiger partial charge in [0.05, 0.1) is 0 Å². The van der Waals surface area contributed by atoms with Crippen molar-refractivity contribution in [3.05, 3.63) is 0 Å². The van der Waals surface area contributed by atoms with E-state index in [4.69, 9.17) is 0 Å². The minimum Gasteiger partial charge on any atom is -0.497 e. The van der Waals surface area contributed by atoms with Gasteiger partial charge in [-0.05, 0) is 0 Å². The largest absolute Gasteiger partial charge is 0.497 e.